The van der Waals surface area contributed by atoms with Crippen LogP contribution in [-0.4, -0.2) is 16.8 Å². The molecule has 0 N–H and O–H groups in total. The van der Waals surface area contributed by atoms with Crippen LogP contribution in [0.3, 0.4) is 0 Å². The molecule has 1 aromatic rings. The van der Waals surface area contributed by atoms with Crippen molar-refractivity contribution in [3.05, 3.63) is 23.8 Å². The first-order valence-electron chi connectivity index (χ1n) is 5.20. The molecule has 0 spiro atoms. The lowest BCUT2D eigenvalue weighted by molar-refractivity contribution is -0.0334. The molecule has 0 saturated carbocycles. The fourth-order valence-corrected chi connectivity index (χ4v) is 2.71. The maximum atomic E-state index is 12.4. The number of Topliss-reactive ketones (excluding diaryl/α,β-unsaturated/α-hetero) is 1. The van der Waals surface area contributed by atoms with Crippen LogP contribution in [0.1, 0.15) is 23.7 Å². The van der Waals surface area contributed by atoms with Gasteiger partial charge in [0.2, 0.25) is 0 Å². The van der Waals surface area contributed by atoms with Crippen LogP contribution in [0.2, 0.25) is 0 Å². The highest BCUT2D eigenvalue weighted by atomic mass is 32.2. The smallest absolute Gasteiger partial charge is 0.294 e. The van der Waals surface area contributed by atoms with Crippen LogP contribution in [0.4, 0.5) is 26.3 Å². The highest BCUT2D eigenvalue weighted by Gasteiger charge is 2.33. The second-order valence-electron chi connectivity index (χ2n) is 3.53. The quantitative estimate of drug-likeness (QED) is 0.411. The van der Waals surface area contributed by atoms with E-state index in [9.17, 15) is 31.1 Å². The summed E-state index contributed by atoms with van der Waals surface area (Å²) in [5.74, 6) is -0.555. The van der Waals surface area contributed by atoms with Gasteiger partial charge in [0.25, 0.3) is 0 Å². The summed E-state index contributed by atoms with van der Waals surface area (Å²) >= 11 is -1.11. The number of alkyl halides is 6. The number of carbonyl (C=O) groups is 1. The predicted molar refractivity (Wildman–Crippen MR) is 64.9 cm³/mol. The molecule has 1 nitrogen and oxygen atoms in total. The topological polar surface area (TPSA) is 17.1 Å². The average Bonchev–Trinajstić information content (AvgIpc) is 2.24. The van der Waals surface area contributed by atoms with E-state index in [0.717, 1.165) is 18.2 Å². The molecule has 20 heavy (non-hydrogen) atoms. The van der Waals surface area contributed by atoms with Crippen LogP contribution in [-0.2, 0) is 0 Å². The van der Waals surface area contributed by atoms with E-state index < -0.39 is 50.1 Å². The van der Waals surface area contributed by atoms with Crippen molar-refractivity contribution in [2.45, 2.75) is 34.2 Å². The Bertz CT molecular complexity index is 495. The van der Waals surface area contributed by atoms with E-state index >= 15 is 0 Å². The Morgan fingerprint density at radius 3 is 2.05 bits per heavy atom. The van der Waals surface area contributed by atoms with Gasteiger partial charge in [-0.2, -0.15) is 26.3 Å². The summed E-state index contributed by atoms with van der Waals surface area (Å²) in [7, 11) is 0. The van der Waals surface area contributed by atoms with Crippen molar-refractivity contribution in [3.8, 4) is 0 Å². The summed E-state index contributed by atoms with van der Waals surface area (Å²) in [6.07, 6.45) is -0.0306. The fourth-order valence-electron chi connectivity index (χ4n) is 1.33. The van der Waals surface area contributed by atoms with Crippen LogP contribution < -0.4 is 0 Å². The van der Waals surface area contributed by atoms with Crippen LogP contribution in [0.15, 0.2) is 28.0 Å². The lowest BCUT2D eigenvalue weighted by Crippen LogP contribution is -2.06. The standard InChI is InChI=1S/C11H8F6OS2/c1-2-8(18)7-4-3-6(19-10(12,13)14)5-9(7)20-11(15,16)17/h3-5H,2H2,1H3. The van der Waals surface area contributed by atoms with Crippen LogP contribution in [0, 0.1) is 0 Å². The van der Waals surface area contributed by atoms with Crippen molar-refractivity contribution < 1.29 is 31.1 Å². The monoisotopic (exact) mass is 334 g/mol. The molecule has 0 unspecified atom stereocenters. The van der Waals surface area contributed by atoms with Crippen molar-refractivity contribution in [3.63, 3.8) is 0 Å². The van der Waals surface area contributed by atoms with E-state index in [1.807, 2.05) is 0 Å². The lowest BCUT2D eigenvalue weighted by Gasteiger charge is -2.12. The minimum atomic E-state index is -4.68. The molecular formula is C11H8F6OS2. The summed E-state index contributed by atoms with van der Waals surface area (Å²) in [4.78, 5) is 10.6. The minimum absolute atomic E-state index is 0.0306. The first-order chi connectivity index (χ1) is 9.02. The largest absolute Gasteiger partial charge is 0.446 e. The number of thioether (sulfide) groups is 2. The zero-order valence-electron chi connectivity index (χ0n) is 9.93. The predicted octanol–water partition coefficient (Wildman–Crippen LogP) is 5.50. The summed E-state index contributed by atoms with van der Waals surface area (Å²) in [5, 5.41) is 0. The zero-order chi connectivity index (χ0) is 15.6. The molecule has 0 amide bonds. The lowest BCUT2D eigenvalue weighted by atomic mass is 10.1. The van der Waals surface area contributed by atoms with Gasteiger partial charge < -0.3 is 0 Å². The van der Waals surface area contributed by atoms with Gasteiger partial charge in [-0.05, 0) is 41.7 Å². The van der Waals surface area contributed by atoms with Gasteiger partial charge in [0.05, 0.1) is 0 Å². The van der Waals surface area contributed by atoms with Crippen LogP contribution in [0.25, 0.3) is 0 Å². The number of carbonyl (C=O) groups excluding carboxylic acids is 1. The molecule has 0 aromatic heterocycles. The highest BCUT2D eigenvalue weighted by molar-refractivity contribution is 8.01. The number of benzene rings is 1. The highest BCUT2D eigenvalue weighted by Crippen LogP contribution is 2.43. The molecule has 0 aliphatic carbocycles. The van der Waals surface area contributed by atoms with Crippen molar-refractivity contribution in [2.24, 2.45) is 0 Å². The molecule has 0 heterocycles. The summed E-state index contributed by atoms with van der Waals surface area (Å²) in [5.41, 5.74) is -9.50. The third-order valence-electron chi connectivity index (χ3n) is 2.03. The van der Waals surface area contributed by atoms with Crippen molar-refractivity contribution in [1.29, 1.82) is 0 Å². The van der Waals surface area contributed by atoms with E-state index in [1.54, 1.807) is 0 Å². The van der Waals surface area contributed by atoms with Crippen LogP contribution >= 0.6 is 23.5 Å². The maximum Gasteiger partial charge on any atom is 0.446 e. The fraction of sp³-hybridized carbons (Fsp3) is 0.364. The Morgan fingerprint density at radius 1 is 1.05 bits per heavy atom. The summed E-state index contributed by atoms with van der Waals surface area (Å²) < 4.78 is 73.8. The van der Waals surface area contributed by atoms with Gasteiger partial charge in [-0.3, -0.25) is 4.79 Å². The van der Waals surface area contributed by atoms with Crippen LogP contribution in [0.5, 0.6) is 0 Å². The minimum Gasteiger partial charge on any atom is -0.294 e. The first-order valence-corrected chi connectivity index (χ1v) is 6.84. The molecule has 0 bridgehead atoms. The molecule has 0 radical (unpaired) electrons. The Morgan fingerprint density at radius 2 is 1.60 bits per heavy atom. The molecule has 1 rings (SSSR count). The van der Waals surface area contributed by atoms with Crippen molar-refractivity contribution in [2.75, 3.05) is 0 Å². The zero-order valence-corrected chi connectivity index (χ0v) is 11.6. The van der Waals surface area contributed by atoms with E-state index in [2.05, 4.69) is 0 Å². The van der Waals surface area contributed by atoms with Gasteiger partial charge in [-0.15, -0.1) is 0 Å². The van der Waals surface area contributed by atoms with Gasteiger partial charge in [-0.1, -0.05) is 6.92 Å². The summed E-state index contributed by atoms with van der Waals surface area (Å²) in [6.45, 7) is 1.46. The Hall–Kier alpha value is -0.830. The third kappa shape index (κ3) is 5.66. The van der Waals surface area contributed by atoms with Gasteiger partial charge in [0.15, 0.2) is 5.78 Å². The van der Waals surface area contributed by atoms with E-state index in [-0.39, 0.29) is 12.0 Å². The molecule has 0 fully saturated rings. The molecule has 1 aromatic carbocycles. The summed E-state index contributed by atoms with van der Waals surface area (Å²) in [6, 6.07) is 2.72. The van der Waals surface area contributed by atoms with E-state index in [1.165, 1.54) is 6.92 Å². The van der Waals surface area contributed by atoms with Gasteiger partial charge in [0, 0.05) is 21.8 Å². The van der Waals surface area contributed by atoms with Gasteiger partial charge >= 0.3 is 11.0 Å². The Kier molecular flexibility index (Phi) is 5.42. The number of hydrogen-bond donors (Lipinski definition) is 0. The van der Waals surface area contributed by atoms with Crippen molar-refractivity contribution in [1.82, 2.24) is 0 Å². The number of halogens is 6. The molecule has 0 atom stereocenters. The first kappa shape index (κ1) is 17.2. The molecule has 0 aliphatic heterocycles. The van der Waals surface area contributed by atoms with Crippen molar-refractivity contribution >= 4 is 29.3 Å². The number of hydrogen-bond acceptors (Lipinski definition) is 3. The second kappa shape index (κ2) is 6.30. The number of rotatable bonds is 4. The molecule has 9 heteroatoms. The Labute approximate surface area is 119 Å². The van der Waals surface area contributed by atoms with Gasteiger partial charge in [-0.25, -0.2) is 0 Å². The SMILES string of the molecule is CCC(=O)c1ccc(SC(F)(F)F)cc1SC(F)(F)F. The second-order valence-corrected chi connectivity index (χ2v) is 5.78. The molecule has 0 aliphatic rings. The average molecular weight is 334 g/mol. The molecular weight excluding hydrogens is 326 g/mol. The maximum absolute atomic E-state index is 12.4. The third-order valence-corrected chi connectivity index (χ3v) is 3.54. The molecule has 0 saturated heterocycles. The Balaban J connectivity index is 3.18. The van der Waals surface area contributed by atoms with E-state index in [4.69, 9.17) is 0 Å². The normalized spacial score (nSPS) is 12.6. The van der Waals surface area contributed by atoms with E-state index in [0.29, 0.717) is 0 Å². The number of ketones is 1. The molecule has 112 valence electrons. The van der Waals surface area contributed by atoms with Gasteiger partial charge in [0.1, 0.15) is 0 Å².